The van der Waals surface area contributed by atoms with E-state index < -0.39 is 27.3 Å². The summed E-state index contributed by atoms with van der Waals surface area (Å²) in [5, 5.41) is 0. The summed E-state index contributed by atoms with van der Waals surface area (Å²) in [4.78, 5) is -0.0662. The van der Waals surface area contributed by atoms with Crippen LogP contribution in [0.3, 0.4) is 0 Å². The second-order valence-corrected chi connectivity index (χ2v) is 7.11. The molecule has 1 N–H and O–H groups in total. The minimum absolute atomic E-state index is 0.0662. The van der Waals surface area contributed by atoms with Gasteiger partial charge < -0.3 is 0 Å². The number of sulfonamides is 1. The summed E-state index contributed by atoms with van der Waals surface area (Å²) in [6, 6.07) is 6.59. The van der Waals surface area contributed by atoms with Crippen molar-refractivity contribution in [2.75, 3.05) is 4.72 Å². The van der Waals surface area contributed by atoms with Crippen molar-refractivity contribution in [1.82, 2.24) is 0 Å². The summed E-state index contributed by atoms with van der Waals surface area (Å²) < 4.78 is 54.7. The third kappa shape index (κ3) is 3.24. The number of rotatable bonds is 3. The van der Waals surface area contributed by atoms with Gasteiger partial charge in [-0.3, -0.25) is 4.72 Å². The fourth-order valence-corrected chi connectivity index (χ4v) is 3.13. The van der Waals surface area contributed by atoms with Crippen molar-refractivity contribution in [2.24, 2.45) is 0 Å². The zero-order valence-corrected chi connectivity index (χ0v) is 13.6. The fraction of sp³-hybridized carbons (Fsp3) is 0.143. The van der Waals surface area contributed by atoms with Crippen LogP contribution in [0.15, 0.2) is 39.7 Å². The molecule has 0 fully saturated rings. The van der Waals surface area contributed by atoms with Crippen molar-refractivity contribution >= 4 is 31.6 Å². The van der Waals surface area contributed by atoms with E-state index in [0.29, 0.717) is 5.56 Å². The Morgan fingerprint density at radius 1 is 1.05 bits per heavy atom. The zero-order valence-electron chi connectivity index (χ0n) is 11.2. The molecule has 2 rings (SSSR count). The Morgan fingerprint density at radius 3 is 2.33 bits per heavy atom. The van der Waals surface area contributed by atoms with Crippen LogP contribution < -0.4 is 4.72 Å². The first-order chi connectivity index (χ1) is 9.72. The zero-order chi connectivity index (χ0) is 15.8. The molecule has 2 aromatic rings. The number of halogens is 3. The topological polar surface area (TPSA) is 46.2 Å². The molecule has 0 aliphatic heterocycles. The van der Waals surface area contributed by atoms with Gasteiger partial charge in [-0.1, -0.05) is 22.0 Å². The van der Waals surface area contributed by atoms with Gasteiger partial charge in [-0.15, -0.1) is 0 Å². The van der Waals surface area contributed by atoms with Crippen LogP contribution >= 0.6 is 15.9 Å². The Balaban J connectivity index is 2.47. The molecule has 7 heteroatoms. The molecule has 0 aromatic heterocycles. The van der Waals surface area contributed by atoms with Crippen LogP contribution in [0.1, 0.15) is 11.1 Å². The highest BCUT2D eigenvalue weighted by Gasteiger charge is 2.20. The van der Waals surface area contributed by atoms with Crippen LogP contribution in [0.25, 0.3) is 0 Å². The van der Waals surface area contributed by atoms with Crippen molar-refractivity contribution in [2.45, 2.75) is 18.7 Å². The summed E-state index contributed by atoms with van der Waals surface area (Å²) in [7, 11) is -4.07. The molecule has 0 unspecified atom stereocenters. The Labute approximate surface area is 130 Å². The molecule has 0 amide bonds. The average molecular weight is 376 g/mol. The van der Waals surface area contributed by atoms with E-state index in [1.165, 1.54) is 25.1 Å². The van der Waals surface area contributed by atoms with E-state index in [9.17, 15) is 17.2 Å². The molecule has 112 valence electrons. The van der Waals surface area contributed by atoms with E-state index in [1.54, 1.807) is 13.0 Å². The van der Waals surface area contributed by atoms with Crippen molar-refractivity contribution in [3.63, 3.8) is 0 Å². The molecule has 0 spiro atoms. The lowest BCUT2D eigenvalue weighted by atomic mass is 10.2. The standard InChI is InChI=1S/C14H12BrF2NO2S/c1-8-3-6-12(16)14(13(8)17)18-21(19,20)10-4-5-11(15)9(2)7-10/h3-7,18H,1-2H3. The highest BCUT2D eigenvalue weighted by molar-refractivity contribution is 9.10. The Bertz CT molecular complexity index is 807. The number of aryl methyl sites for hydroxylation is 2. The van der Waals surface area contributed by atoms with Gasteiger partial charge in [-0.25, -0.2) is 17.2 Å². The van der Waals surface area contributed by atoms with Gasteiger partial charge in [0.05, 0.1) is 4.90 Å². The second-order valence-electron chi connectivity index (χ2n) is 4.57. The smallest absolute Gasteiger partial charge is 0.262 e. The number of hydrogen-bond donors (Lipinski definition) is 1. The van der Waals surface area contributed by atoms with Crippen LogP contribution in [0.5, 0.6) is 0 Å². The number of hydrogen-bond acceptors (Lipinski definition) is 2. The van der Waals surface area contributed by atoms with Crippen molar-refractivity contribution < 1.29 is 17.2 Å². The highest BCUT2D eigenvalue weighted by atomic mass is 79.9. The molecule has 0 saturated carbocycles. The average Bonchev–Trinajstić information content (AvgIpc) is 2.42. The maximum atomic E-state index is 13.9. The number of anilines is 1. The second kappa shape index (κ2) is 5.73. The molecule has 3 nitrogen and oxygen atoms in total. The first kappa shape index (κ1) is 15.9. The SMILES string of the molecule is Cc1cc(S(=O)(=O)Nc2c(F)ccc(C)c2F)ccc1Br. The van der Waals surface area contributed by atoms with Gasteiger partial charge in [0.1, 0.15) is 11.5 Å². The lowest BCUT2D eigenvalue weighted by molar-refractivity contribution is 0.579. The molecule has 0 aliphatic rings. The van der Waals surface area contributed by atoms with Gasteiger partial charge in [0, 0.05) is 4.47 Å². The van der Waals surface area contributed by atoms with E-state index in [4.69, 9.17) is 0 Å². The Morgan fingerprint density at radius 2 is 1.71 bits per heavy atom. The predicted molar refractivity (Wildman–Crippen MR) is 80.8 cm³/mol. The third-order valence-electron chi connectivity index (χ3n) is 2.96. The van der Waals surface area contributed by atoms with Gasteiger partial charge in [-0.2, -0.15) is 0 Å². The summed E-state index contributed by atoms with van der Waals surface area (Å²) >= 11 is 3.26. The van der Waals surface area contributed by atoms with Gasteiger partial charge in [-0.05, 0) is 49.2 Å². The monoisotopic (exact) mass is 375 g/mol. The van der Waals surface area contributed by atoms with Crippen molar-refractivity contribution in [3.8, 4) is 0 Å². The normalized spacial score (nSPS) is 11.5. The summed E-state index contributed by atoms with van der Waals surface area (Å²) in [6.07, 6.45) is 0. The van der Waals surface area contributed by atoms with E-state index in [0.717, 1.165) is 10.5 Å². The van der Waals surface area contributed by atoms with E-state index in [-0.39, 0.29) is 10.5 Å². The van der Waals surface area contributed by atoms with Crippen molar-refractivity contribution in [1.29, 1.82) is 0 Å². The maximum absolute atomic E-state index is 13.9. The van der Waals surface area contributed by atoms with E-state index in [2.05, 4.69) is 15.9 Å². The third-order valence-corrected chi connectivity index (χ3v) is 5.20. The van der Waals surface area contributed by atoms with Crippen LogP contribution in [0.4, 0.5) is 14.5 Å². The van der Waals surface area contributed by atoms with Gasteiger partial charge in [0.2, 0.25) is 0 Å². The van der Waals surface area contributed by atoms with Gasteiger partial charge >= 0.3 is 0 Å². The summed E-state index contributed by atoms with van der Waals surface area (Å²) in [5.41, 5.74) is 0.180. The van der Waals surface area contributed by atoms with Gasteiger partial charge in [0.15, 0.2) is 5.82 Å². The highest BCUT2D eigenvalue weighted by Crippen LogP contribution is 2.26. The summed E-state index contributed by atoms with van der Waals surface area (Å²) in [6.45, 7) is 3.15. The maximum Gasteiger partial charge on any atom is 0.262 e. The first-order valence-electron chi connectivity index (χ1n) is 5.96. The van der Waals surface area contributed by atoms with Gasteiger partial charge in [0.25, 0.3) is 10.0 Å². The largest absolute Gasteiger partial charge is 0.274 e. The molecule has 0 saturated heterocycles. The number of nitrogens with one attached hydrogen (secondary N) is 1. The molecule has 2 aromatic carbocycles. The lowest BCUT2D eigenvalue weighted by Crippen LogP contribution is -2.15. The minimum atomic E-state index is -4.07. The molecule has 0 aliphatic carbocycles. The molecule has 21 heavy (non-hydrogen) atoms. The van der Waals surface area contributed by atoms with Crippen LogP contribution in [-0.2, 0) is 10.0 Å². The van der Waals surface area contributed by atoms with Crippen molar-refractivity contribution in [3.05, 3.63) is 57.6 Å². The molecular formula is C14H12BrF2NO2S. The first-order valence-corrected chi connectivity index (χ1v) is 8.23. The molecular weight excluding hydrogens is 364 g/mol. The predicted octanol–water partition coefficient (Wildman–Crippen LogP) is 4.14. The Kier molecular flexibility index (Phi) is 4.34. The van der Waals surface area contributed by atoms with E-state index in [1.807, 2.05) is 4.72 Å². The Hall–Kier alpha value is -1.47. The summed E-state index contributed by atoms with van der Waals surface area (Å²) in [5.74, 6) is -1.89. The molecule has 0 atom stereocenters. The van der Waals surface area contributed by atoms with Crippen LogP contribution in [0.2, 0.25) is 0 Å². The van der Waals surface area contributed by atoms with Crippen LogP contribution in [-0.4, -0.2) is 8.42 Å². The molecule has 0 radical (unpaired) electrons. The quantitative estimate of drug-likeness (QED) is 0.875. The minimum Gasteiger partial charge on any atom is -0.274 e. The molecule has 0 bridgehead atoms. The van der Waals surface area contributed by atoms with Crippen LogP contribution in [0, 0.1) is 25.5 Å². The fourth-order valence-electron chi connectivity index (χ4n) is 1.73. The molecule has 0 heterocycles. The lowest BCUT2D eigenvalue weighted by Gasteiger charge is -2.12. The van der Waals surface area contributed by atoms with E-state index >= 15 is 0 Å². The number of benzene rings is 2.